The van der Waals surface area contributed by atoms with E-state index in [1.165, 1.54) is 6.92 Å². The van der Waals surface area contributed by atoms with E-state index in [4.69, 9.17) is 0 Å². The molecular formula is C18H16N2O2. The average molecular weight is 292 g/mol. The van der Waals surface area contributed by atoms with Crippen LogP contribution in [0.15, 0.2) is 48.5 Å². The van der Waals surface area contributed by atoms with Crippen LogP contribution in [0.4, 0.5) is 5.69 Å². The van der Waals surface area contributed by atoms with Gasteiger partial charge in [-0.1, -0.05) is 18.2 Å². The molecule has 0 aliphatic carbocycles. The standard InChI is InChI=1S/C18H16N2O2/c1-11-17(18(22)20-14-6-4-3-5-7-14)15-10-13(12(2)21)8-9-16(15)19-11/h3-10,19H,1-2H3,(H,20,22). The summed E-state index contributed by atoms with van der Waals surface area (Å²) in [5.74, 6) is -0.203. The summed E-state index contributed by atoms with van der Waals surface area (Å²) in [5.41, 5.74) is 3.54. The van der Waals surface area contributed by atoms with Gasteiger partial charge >= 0.3 is 0 Å². The molecule has 110 valence electrons. The van der Waals surface area contributed by atoms with Crippen molar-refractivity contribution in [3.63, 3.8) is 0 Å². The Balaban J connectivity index is 2.05. The fourth-order valence-corrected chi connectivity index (χ4v) is 2.55. The number of Topliss-reactive ketones (excluding diaryl/α,β-unsaturated/α-hetero) is 1. The van der Waals surface area contributed by atoms with E-state index in [-0.39, 0.29) is 11.7 Å². The Bertz CT molecular complexity index is 863. The van der Waals surface area contributed by atoms with Gasteiger partial charge in [0.2, 0.25) is 0 Å². The first-order valence-electron chi connectivity index (χ1n) is 7.06. The highest BCUT2D eigenvalue weighted by molar-refractivity contribution is 6.14. The minimum absolute atomic E-state index is 0.0184. The van der Waals surface area contributed by atoms with Gasteiger partial charge in [0.15, 0.2) is 5.78 Å². The number of aryl methyl sites for hydroxylation is 1. The van der Waals surface area contributed by atoms with Crippen LogP contribution in [0.25, 0.3) is 10.9 Å². The SMILES string of the molecule is CC(=O)c1ccc2[nH]c(C)c(C(=O)Nc3ccccc3)c2c1. The Morgan fingerprint density at radius 2 is 1.77 bits per heavy atom. The number of benzene rings is 2. The zero-order valence-corrected chi connectivity index (χ0v) is 12.4. The van der Waals surface area contributed by atoms with Gasteiger partial charge in [-0.15, -0.1) is 0 Å². The molecule has 0 aliphatic rings. The van der Waals surface area contributed by atoms with Crippen LogP contribution >= 0.6 is 0 Å². The van der Waals surface area contributed by atoms with Crippen LogP contribution in [0.5, 0.6) is 0 Å². The van der Waals surface area contributed by atoms with Crippen molar-refractivity contribution in [2.75, 3.05) is 5.32 Å². The molecule has 2 N–H and O–H groups in total. The molecule has 3 rings (SSSR count). The molecule has 3 aromatic rings. The van der Waals surface area contributed by atoms with Crippen LogP contribution in [-0.4, -0.2) is 16.7 Å². The van der Waals surface area contributed by atoms with Crippen LogP contribution in [0, 0.1) is 6.92 Å². The van der Waals surface area contributed by atoms with E-state index in [1.54, 1.807) is 12.1 Å². The van der Waals surface area contributed by atoms with E-state index in [2.05, 4.69) is 10.3 Å². The number of carbonyl (C=O) groups excluding carboxylic acids is 2. The van der Waals surface area contributed by atoms with E-state index in [0.29, 0.717) is 11.1 Å². The van der Waals surface area contributed by atoms with Crippen molar-refractivity contribution in [2.45, 2.75) is 13.8 Å². The second-order valence-electron chi connectivity index (χ2n) is 5.26. The summed E-state index contributed by atoms with van der Waals surface area (Å²) in [4.78, 5) is 27.3. The first-order chi connectivity index (χ1) is 10.6. The second-order valence-corrected chi connectivity index (χ2v) is 5.26. The molecule has 0 aliphatic heterocycles. The highest BCUT2D eigenvalue weighted by Gasteiger charge is 2.17. The highest BCUT2D eigenvalue weighted by Crippen LogP contribution is 2.24. The molecule has 0 saturated carbocycles. The fourth-order valence-electron chi connectivity index (χ4n) is 2.55. The molecule has 0 radical (unpaired) electrons. The summed E-state index contributed by atoms with van der Waals surface area (Å²) >= 11 is 0. The molecule has 0 spiro atoms. The molecule has 1 amide bonds. The molecule has 2 aromatic carbocycles. The maximum atomic E-state index is 12.6. The Kier molecular flexibility index (Phi) is 3.51. The normalized spacial score (nSPS) is 10.6. The van der Waals surface area contributed by atoms with Crippen molar-refractivity contribution in [3.8, 4) is 0 Å². The number of rotatable bonds is 3. The lowest BCUT2D eigenvalue weighted by molar-refractivity contribution is 0.101. The fraction of sp³-hybridized carbons (Fsp3) is 0.111. The lowest BCUT2D eigenvalue weighted by Gasteiger charge is -2.05. The number of nitrogens with one attached hydrogen (secondary N) is 2. The predicted molar refractivity (Wildman–Crippen MR) is 87.4 cm³/mol. The van der Waals surface area contributed by atoms with Gasteiger partial charge in [-0.05, 0) is 44.2 Å². The van der Waals surface area contributed by atoms with E-state index in [1.807, 2.05) is 43.3 Å². The number of fused-ring (bicyclic) bond motifs is 1. The second kappa shape index (κ2) is 5.48. The molecule has 0 atom stereocenters. The molecule has 1 heterocycles. The summed E-state index contributed by atoms with van der Waals surface area (Å²) in [5, 5.41) is 3.64. The van der Waals surface area contributed by atoms with Gasteiger partial charge in [-0.3, -0.25) is 9.59 Å². The first kappa shape index (κ1) is 14.1. The minimum Gasteiger partial charge on any atom is -0.358 e. The first-order valence-corrected chi connectivity index (χ1v) is 7.06. The van der Waals surface area contributed by atoms with Crippen LogP contribution in [0.3, 0.4) is 0 Å². The Morgan fingerprint density at radius 1 is 1.05 bits per heavy atom. The number of para-hydroxylation sites is 1. The lowest BCUT2D eigenvalue weighted by Crippen LogP contribution is -2.12. The number of anilines is 1. The Labute approximate surface area is 128 Å². The zero-order chi connectivity index (χ0) is 15.7. The van der Waals surface area contributed by atoms with E-state index in [0.717, 1.165) is 22.3 Å². The highest BCUT2D eigenvalue weighted by atomic mass is 16.1. The molecule has 0 saturated heterocycles. The summed E-state index contributed by atoms with van der Waals surface area (Å²) in [7, 11) is 0. The smallest absolute Gasteiger partial charge is 0.258 e. The van der Waals surface area contributed by atoms with E-state index >= 15 is 0 Å². The Morgan fingerprint density at radius 3 is 2.45 bits per heavy atom. The van der Waals surface area contributed by atoms with Gasteiger partial charge in [0.25, 0.3) is 5.91 Å². The van der Waals surface area contributed by atoms with Crippen molar-refractivity contribution in [3.05, 3.63) is 65.4 Å². The quantitative estimate of drug-likeness (QED) is 0.718. The van der Waals surface area contributed by atoms with Gasteiger partial charge in [-0.2, -0.15) is 0 Å². The monoisotopic (exact) mass is 292 g/mol. The molecule has 0 unspecified atom stereocenters. The largest absolute Gasteiger partial charge is 0.358 e. The molecular weight excluding hydrogens is 276 g/mol. The van der Waals surface area contributed by atoms with Gasteiger partial charge in [-0.25, -0.2) is 0 Å². The van der Waals surface area contributed by atoms with Crippen molar-refractivity contribution in [1.82, 2.24) is 4.98 Å². The third kappa shape index (κ3) is 2.51. The maximum absolute atomic E-state index is 12.6. The van der Waals surface area contributed by atoms with Crippen LogP contribution in [0.2, 0.25) is 0 Å². The van der Waals surface area contributed by atoms with Gasteiger partial charge in [0, 0.05) is 27.8 Å². The number of aromatic amines is 1. The number of carbonyl (C=O) groups is 2. The van der Waals surface area contributed by atoms with Crippen LogP contribution in [0.1, 0.15) is 33.3 Å². The molecule has 22 heavy (non-hydrogen) atoms. The summed E-state index contributed by atoms with van der Waals surface area (Å²) in [6, 6.07) is 14.7. The number of ketones is 1. The average Bonchev–Trinajstić information content (AvgIpc) is 2.83. The Hall–Kier alpha value is -2.88. The van der Waals surface area contributed by atoms with Crippen LogP contribution < -0.4 is 5.32 Å². The van der Waals surface area contributed by atoms with E-state index in [9.17, 15) is 9.59 Å². The summed E-state index contributed by atoms with van der Waals surface area (Å²) in [6.07, 6.45) is 0. The molecule has 4 nitrogen and oxygen atoms in total. The number of aromatic nitrogens is 1. The van der Waals surface area contributed by atoms with E-state index < -0.39 is 0 Å². The summed E-state index contributed by atoms with van der Waals surface area (Å²) in [6.45, 7) is 3.37. The van der Waals surface area contributed by atoms with Crippen molar-refractivity contribution >= 4 is 28.3 Å². The minimum atomic E-state index is -0.185. The molecule has 0 bridgehead atoms. The molecule has 0 fully saturated rings. The number of hydrogen-bond acceptors (Lipinski definition) is 2. The van der Waals surface area contributed by atoms with Crippen LogP contribution in [-0.2, 0) is 0 Å². The van der Waals surface area contributed by atoms with Crippen molar-refractivity contribution in [2.24, 2.45) is 0 Å². The van der Waals surface area contributed by atoms with Crippen molar-refractivity contribution in [1.29, 1.82) is 0 Å². The third-order valence-electron chi connectivity index (χ3n) is 3.65. The van der Waals surface area contributed by atoms with Crippen molar-refractivity contribution < 1.29 is 9.59 Å². The molecule has 1 aromatic heterocycles. The summed E-state index contributed by atoms with van der Waals surface area (Å²) < 4.78 is 0. The van der Waals surface area contributed by atoms with Gasteiger partial charge in [0.1, 0.15) is 0 Å². The third-order valence-corrected chi connectivity index (χ3v) is 3.65. The number of H-pyrrole nitrogens is 1. The molecule has 4 heteroatoms. The zero-order valence-electron chi connectivity index (χ0n) is 12.4. The maximum Gasteiger partial charge on any atom is 0.258 e. The predicted octanol–water partition coefficient (Wildman–Crippen LogP) is 3.93. The lowest BCUT2D eigenvalue weighted by atomic mass is 10.1. The number of amides is 1. The van der Waals surface area contributed by atoms with Gasteiger partial charge in [0.05, 0.1) is 5.56 Å². The van der Waals surface area contributed by atoms with Gasteiger partial charge < -0.3 is 10.3 Å². The number of hydrogen-bond donors (Lipinski definition) is 2. The topological polar surface area (TPSA) is 62.0 Å².